The summed E-state index contributed by atoms with van der Waals surface area (Å²) < 4.78 is 0. The minimum absolute atomic E-state index is 0.0583. The summed E-state index contributed by atoms with van der Waals surface area (Å²) in [6.07, 6.45) is 0.631. The third-order valence-electron chi connectivity index (χ3n) is 6.06. The van der Waals surface area contributed by atoms with Gasteiger partial charge in [0.25, 0.3) is 0 Å². The summed E-state index contributed by atoms with van der Waals surface area (Å²) in [5, 5.41) is 9.59. The summed E-state index contributed by atoms with van der Waals surface area (Å²) >= 11 is 0. The minimum Gasteiger partial charge on any atom is -0.481 e. The van der Waals surface area contributed by atoms with Crippen LogP contribution in [0.2, 0.25) is 0 Å². The zero-order chi connectivity index (χ0) is 21.5. The van der Waals surface area contributed by atoms with Crippen LogP contribution in [0.25, 0.3) is 0 Å². The molecule has 31 heavy (non-hydrogen) atoms. The standard InChI is InChI=1S/C29H26O2/c30-28(31)22-21-27(23-13-5-1-6-14-23)29(24-15-7-2-8-16-24,25-17-9-3-10-18-25)26-19-11-4-12-20-26/h1-20,27H,21-22H2,(H,30,31). The molecule has 1 N–H and O–H groups in total. The fraction of sp³-hybridized carbons (Fsp3) is 0.138. The Morgan fingerprint density at radius 1 is 0.613 bits per heavy atom. The highest BCUT2D eigenvalue weighted by molar-refractivity contribution is 5.67. The summed E-state index contributed by atoms with van der Waals surface area (Å²) in [6.45, 7) is 0. The lowest BCUT2D eigenvalue weighted by molar-refractivity contribution is -0.137. The molecule has 0 aromatic heterocycles. The maximum atomic E-state index is 11.7. The molecule has 0 spiro atoms. The molecule has 4 aromatic carbocycles. The van der Waals surface area contributed by atoms with Gasteiger partial charge in [-0.2, -0.15) is 0 Å². The van der Waals surface area contributed by atoms with Crippen LogP contribution in [0, 0.1) is 0 Å². The average Bonchev–Trinajstić information content (AvgIpc) is 2.84. The van der Waals surface area contributed by atoms with Crippen LogP contribution in [0.5, 0.6) is 0 Å². The first-order valence-corrected chi connectivity index (χ1v) is 10.7. The largest absolute Gasteiger partial charge is 0.481 e. The van der Waals surface area contributed by atoms with Gasteiger partial charge in [-0.05, 0) is 28.7 Å². The first-order chi connectivity index (χ1) is 15.2. The Balaban J connectivity index is 2.07. The van der Waals surface area contributed by atoms with Gasteiger partial charge in [0.1, 0.15) is 0 Å². The lowest BCUT2D eigenvalue weighted by Gasteiger charge is -2.43. The highest BCUT2D eigenvalue weighted by Crippen LogP contribution is 2.51. The Kier molecular flexibility index (Phi) is 6.28. The lowest BCUT2D eigenvalue weighted by Crippen LogP contribution is -2.37. The fourth-order valence-corrected chi connectivity index (χ4v) is 4.79. The second-order valence-electron chi connectivity index (χ2n) is 7.80. The van der Waals surface area contributed by atoms with Crippen LogP contribution in [0.15, 0.2) is 121 Å². The smallest absolute Gasteiger partial charge is 0.303 e. The zero-order valence-electron chi connectivity index (χ0n) is 17.4. The molecule has 1 unspecified atom stereocenters. The molecule has 0 saturated heterocycles. The fourth-order valence-electron chi connectivity index (χ4n) is 4.79. The molecule has 1 atom stereocenters. The van der Waals surface area contributed by atoms with Crippen LogP contribution in [0.1, 0.15) is 41.0 Å². The number of hydrogen-bond donors (Lipinski definition) is 1. The topological polar surface area (TPSA) is 37.3 Å². The molecule has 0 aliphatic carbocycles. The van der Waals surface area contributed by atoms with Gasteiger partial charge in [-0.3, -0.25) is 4.79 Å². The first kappa shape index (κ1) is 20.6. The van der Waals surface area contributed by atoms with Crippen molar-refractivity contribution >= 4 is 5.97 Å². The van der Waals surface area contributed by atoms with Crippen molar-refractivity contribution in [3.8, 4) is 0 Å². The Labute approximate surface area is 183 Å². The van der Waals surface area contributed by atoms with E-state index in [4.69, 9.17) is 0 Å². The van der Waals surface area contributed by atoms with Gasteiger partial charge in [0.2, 0.25) is 0 Å². The Hall–Kier alpha value is -3.65. The number of carboxylic acids is 1. The molecular weight excluding hydrogens is 380 g/mol. The Morgan fingerprint density at radius 2 is 0.968 bits per heavy atom. The second kappa shape index (κ2) is 9.44. The van der Waals surface area contributed by atoms with E-state index >= 15 is 0 Å². The van der Waals surface area contributed by atoms with E-state index in [0.717, 1.165) is 22.3 Å². The number of rotatable bonds is 8. The molecule has 2 nitrogen and oxygen atoms in total. The van der Waals surface area contributed by atoms with Crippen LogP contribution >= 0.6 is 0 Å². The summed E-state index contributed by atoms with van der Waals surface area (Å²) in [6, 6.07) is 41.8. The van der Waals surface area contributed by atoms with E-state index in [9.17, 15) is 9.90 Å². The number of carboxylic acid groups (broad SMARTS) is 1. The number of hydrogen-bond acceptors (Lipinski definition) is 1. The van der Waals surface area contributed by atoms with E-state index in [0.29, 0.717) is 6.42 Å². The van der Waals surface area contributed by atoms with Gasteiger partial charge < -0.3 is 5.11 Å². The predicted molar refractivity (Wildman–Crippen MR) is 125 cm³/mol. The summed E-state index contributed by atoms with van der Waals surface area (Å²) in [4.78, 5) is 11.7. The highest BCUT2D eigenvalue weighted by Gasteiger charge is 2.44. The molecule has 0 saturated carbocycles. The van der Waals surface area contributed by atoms with Crippen molar-refractivity contribution in [1.29, 1.82) is 0 Å². The molecule has 0 fully saturated rings. The first-order valence-electron chi connectivity index (χ1n) is 10.7. The molecule has 0 bridgehead atoms. The molecule has 4 aromatic rings. The van der Waals surface area contributed by atoms with E-state index in [-0.39, 0.29) is 12.3 Å². The molecular formula is C29H26O2. The van der Waals surface area contributed by atoms with Gasteiger partial charge in [-0.25, -0.2) is 0 Å². The number of carbonyl (C=O) groups is 1. The van der Waals surface area contributed by atoms with Crippen molar-refractivity contribution in [2.45, 2.75) is 24.2 Å². The van der Waals surface area contributed by atoms with Crippen LogP contribution in [0.3, 0.4) is 0 Å². The van der Waals surface area contributed by atoms with Crippen molar-refractivity contribution in [2.75, 3.05) is 0 Å². The molecule has 0 aliphatic rings. The summed E-state index contributed by atoms with van der Waals surface area (Å²) in [7, 11) is 0. The third-order valence-corrected chi connectivity index (χ3v) is 6.06. The minimum atomic E-state index is -0.774. The van der Waals surface area contributed by atoms with Crippen molar-refractivity contribution in [2.24, 2.45) is 0 Å². The van der Waals surface area contributed by atoms with Crippen molar-refractivity contribution in [1.82, 2.24) is 0 Å². The van der Waals surface area contributed by atoms with E-state index in [1.165, 1.54) is 0 Å². The SMILES string of the molecule is O=C(O)CCC(c1ccccc1)C(c1ccccc1)(c1ccccc1)c1ccccc1. The van der Waals surface area contributed by atoms with E-state index in [1.54, 1.807) is 0 Å². The van der Waals surface area contributed by atoms with E-state index in [1.807, 2.05) is 36.4 Å². The number of benzene rings is 4. The van der Waals surface area contributed by atoms with Gasteiger partial charge in [-0.1, -0.05) is 121 Å². The quantitative estimate of drug-likeness (QED) is 0.332. The van der Waals surface area contributed by atoms with Crippen LogP contribution in [-0.4, -0.2) is 11.1 Å². The summed E-state index contributed by atoms with van der Waals surface area (Å²) in [5.74, 6) is -0.832. The van der Waals surface area contributed by atoms with Crippen molar-refractivity contribution in [3.05, 3.63) is 144 Å². The Morgan fingerprint density at radius 3 is 1.32 bits per heavy atom. The van der Waals surface area contributed by atoms with Gasteiger partial charge in [-0.15, -0.1) is 0 Å². The lowest BCUT2D eigenvalue weighted by atomic mass is 9.59. The normalized spacial score (nSPS) is 12.3. The maximum absolute atomic E-state index is 11.7. The third kappa shape index (κ3) is 4.15. The van der Waals surface area contributed by atoms with Crippen LogP contribution < -0.4 is 0 Å². The number of aliphatic carboxylic acids is 1. The average molecular weight is 407 g/mol. The molecule has 0 aliphatic heterocycles. The van der Waals surface area contributed by atoms with Gasteiger partial charge in [0.05, 0.1) is 5.41 Å². The molecule has 2 heteroatoms. The molecule has 0 heterocycles. The molecule has 154 valence electrons. The van der Waals surface area contributed by atoms with Gasteiger partial charge in [0, 0.05) is 12.3 Å². The zero-order valence-corrected chi connectivity index (χ0v) is 17.4. The summed E-state index contributed by atoms with van der Waals surface area (Å²) in [5.41, 5.74) is 4.09. The van der Waals surface area contributed by atoms with Gasteiger partial charge >= 0.3 is 5.97 Å². The van der Waals surface area contributed by atoms with E-state index < -0.39 is 11.4 Å². The molecule has 0 radical (unpaired) electrons. The van der Waals surface area contributed by atoms with Crippen LogP contribution in [0.4, 0.5) is 0 Å². The van der Waals surface area contributed by atoms with Crippen LogP contribution in [-0.2, 0) is 10.2 Å². The van der Waals surface area contributed by atoms with Gasteiger partial charge in [0.15, 0.2) is 0 Å². The van der Waals surface area contributed by atoms with Crippen molar-refractivity contribution in [3.63, 3.8) is 0 Å². The predicted octanol–water partition coefficient (Wildman–Crippen LogP) is 6.67. The van der Waals surface area contributed by atoms with Crippen molar-refractivity contribution < 1.29 is 9.90 Å². The second-order valence-corrected chi connectivity index (χ2v) is 7.80. The van der Waals surface area contributed by atoms with E-state index in [2.05, 4.69) is 84.9 Å². The Bertz CT molecular complexity index is 994. The highest BCUT2D eigenvalue weighted by atomic mass is 16.4. The molecule has 0 amide bonds. The maximum Gasteiger partial charge on any atom is 0.303 e. The monoisotopic (exact) mass is 406 g/mol. The molecule has 4 rings (SSSR count).